The van der Waals surface area contributed by atoms with Gasteiger partial charge in [-0.3, -0.25) is 9.59 Å². The predicted octanol–water partition coefficient (Wildman–Crippen LogP) is 2.82. The van der Waals surface area contributed by atoms with Gasteiger partial charge in [-0.1, -0.05) is 12.1 Å². The summed E-state index contributed by atoms with van der Waals surface area (Å²) < 4.78 is 13.1. The highest BCUT2D eigenvalue weighted by Crippen LogP contribution is 2.30. The number of carbonyl (C=O) groups excluding carboxylic acids is 2. The van der Waals surface area contributed by atoms with Gasteiger partial charge in [-0.2, -0.15) is 0 Å². The van der Waals surface area contributed by atoms with Crippen LogP contribution in [0.5, 0.6) is 0 Å². The molecule has 0 aliphatic carbocycles. The maximum absolute atomic E-state index is 13.1. The fraction of sp³-hybridized carbons (Fsp3) is 0.455. The molecular weight excluding hydrogens is 371 g/mol. The molecule has 1 atom stereocenters. The summed E-state index contributed by atoms with van der Waals surface area (Å²) in [4.78, 5) is 37.6. The van der Waals surface area contributed by atoms with Gasteiger partial charge in [0.25, 0.3) is 0 Å². The summed E-state index contributed by atoms with van der Waals surface area (Å²) in [6.07, 6.45) is 5.60. The van der Waals surface area contributed by atoms with Crippen LogP contribution in [0.2, 0.25) is 0 Å². The highest BCUT2D eigenvalue weighted by molar-refractivity contribution is 5.79. The fourth-order valence-corrected chi connectivity index (χ4v) is 4.14. The minimum Gasteiger partial charge on any atom is -0.338 e. The number of likely N-dealkylation sites (tertiary alicyclic amines) is 1. The van der Waals surface area contributed by atoms with Crippen LogP contribution in [0.3, 0.4) is 0 Å². The lowest BCUT2D eigenvalue weighted by Crippen LogP contribution is -2.40. The number of rotatable bonds is 3. The third kappa shape index (κ3) is 4.28. The number of nitrogens with zero attached hydrogens (tertiary/aromatic N) is 4. The topological polar surface area (TPSA) is 66.4 Å². The number of aromatic nitrogens is 2. The van der Waals surface area contributed by atoms with Crippen LogP contribution < -0.4 is 0 Å². The molecule has 1 saturated heterocycles. The normalized spacial score (nSPS) is 19.0. The smallest absolute Gasteiger partial charge is 0.227 e. The Morgan fingerprint density at radius 2 is 1.97 bits per heavy atom. The van der Waals surface area contributed by atoms with Crippen LogP contribution in [0.4, 0.5) is 4.39 Å². The Balaban J connectivity index is 1.52. The van der Waals surface area contributed by atoms with Gasteiger partial charge in [-0.05, 0) is 37.0 Å². The molecule has 0 radical (unpaired) electrons. The average molecular weight is 396 g/mol. The zero-order valence-electron chi connectivity index (χ0n) is 16.6. The van der Waals surface area contributed by atoms with Gasteiger partial charge in [-0.15, -0.1) is 0 Å². The zero-order valence-corrected chi connectivity index (χ0v) is 16.6. The van der Waals surface area contributed by atoms with Gasteiger partial charge in [0.05, 0.1) is 18.2 Å². The van der Waals surface area contributed by atoms with Crippen LogP contribution in [0, 0.1) is 5.82 Å². The van der Waals surface area contributed by atoms with Gasteiger partial charge >= 0.3 is 0 Å². The monoisotopic (exact) mass is 396 g/mol. The molecule has 1 fully saturated rings. The van der Waals surface area contributed by atoms with Crippen molar-refractivity contribution in [3.05, 3.63) is 58.9 Å². The van der Waals surface area contributed by atoms with E-state index in [2.05, 4.69) is 4.98 Å². The Morgan fingerprint density at radius 3 is 2.72 bits per heavy atom. The first kappa shape index (κ1) is 19.5. The molecule has 1 aromatic carbocycles. The van der Waals surface area contributed by atoms with Crippen molar-refractivity contribution < 1.29 is 14.0 Å². The first-order valence-corrected chi connectivity index (χ1v) is 10.2. The van der Waals surface area contributed by atoms with E-state index in [0.717, 1.165) is 36.1 Å². The number of amides is 2. The molecule has 6 nitrogen and oxygen atoms in total. The molecule has 0 saturated carbocycles. The van der Waals surface area contributed by atoms with Gasteiger partial charge in [0.15, 0.2) is 5.82 Å². The molecule has 7 heteroatoms. The lowest BCUT2D eigenvalue weighted by Gasteiger charge is -2.35. The molecule has 2 amide bonds. The summed E-state index contributed by atoms with van der Waals surface area (Å²) in [6.45, 7) is 3.47. The molecule has 29 heavy (non-hydrogen) atoms. The van der Waals surface area contributed by atoms with E-state index in [1.807, 2.05) is 11.1 Å². The summed E-state index contributed by atoms with van der Waals surface area (Å²) in [6, 6.07) is 5.94. The molecule has 0 bridgehead atoms. The number of benzene rings is 1. The molecule has 2 aliphatic rings. The van der Waals surface area contributed by atoms with Crippen LogP contribution in [-0.2, 0) is 29.0 Å². The second-order valence-electron chi connectivity index (χ2n) is 7.79. The third-order valence-corrected chi connectivity index (χ3v) is 5.79. The zero-order chi connectivity index (χ0) is 20.4. The van der Waals surface area contributed by atoms with Crippen molar-refractivity contribution in [2.75, 3.05) is 13.1 Å². The Bertz CT molecular complexity index is 916. The van der Waals surface area contributed by atoms with Crippen molar-refractivity contribution in [3.63, 3.8) is 0 Å². The number of hydrogen-bond donors (Lipinski definition) is 0. The van der Waals surface area contributed by atoms with E-state index >= 15 is 0 Å². The van der Waals surface area contributed by atoms with Gasteiger partial charge in [0.2, 0.25) is 11.8 Å². The Kier molecular flexibility index (Phi) is 5.56. The van der Waals surface area contributed by atoms with Crippen molar-refractivity contribution in [2.24, 2.45) is 0 Å². The average Bonchev–Trinajstić information content (AvgIpc) is 2.74. The van der Waals surface area contributed by atoms with E-state index in [4.69, 9.17) is 4.98 Å². The highest BCUT2D eigenvalue weighted by Gasteiger charge is 2.31. The van der Waals surface area contributed by atoms with E-state index in [1.54, 1.807) is 24.0 Å². The number of halogens is 1. The van der Waals surface area contributed by atoms with Gasteiger partial charge in [-0.25, -0.2) is 14.4 Å². The van der Waals surface area contributed by atoms with Crippen LogP contribution in [0.1, 0.15) is 54.9 Å². The predicted molar refractivity (Wildman–Crippen MR) is 105 cm³/mol. The lowest BCUT2D eigenvalue weighted by atomic mass is 9.99. The van der Waals surface area contributed by atoms with Crippen molar-refractivity contribution in [1.82, 2.24) is 19.8 Å². The Hall–Kier alpha value is -2.83. The molecule has 1 aromatic heterocycles. The Labute approximate surface area is 169 Å². The van der Waals surface area contributed by atoms with Gasteiger partial charge < -0.3 is 9.80 Å². The van der Waals surface area contributed by atoms with Crippen molar-refractivity contribution >= 4 is 11.8 Å². The van der Waals surface area contributed by atoms with E-state index in [9.17, 15) is 14.0 Å². The second-order valence-corrected chi connectivity index (χ2v) is 7.79. The van der Waals surface area contributed by atoms with Gasteiger partial charge in [0.1, 0.15) is 5.82 Å². The van der Waals surface area contributed by atoms with Crippen LogP contribution in [0.25, 0.3) is 0 Å². The number of hydrogen-bond acceptors (Lipinski definition) is 4. The Morgan fingerprint density at radius 1 is 1.17 bits per heavy atom. The van der Waals surface area contributed by atoms with Gasteiger partial charge in [0, 0.05) is 44.7 Å². The maximum Gasteiger partial charge on any atom is 0.227 e. The van der Waals surface area contributed by atoms with E-state index < -0.39 is 0 Å². The van der Waals surface area contributed by atoms with E-state index in [0.29, 0.717) is 31.9 Å². The lowest BCUT2D eigenvalue weighted by molar-refractivity contribution is -0.134. The molecule has 152 valence electrons. The van der Waals surface area contributed by atoms with Crippen LogP contribution >= 0.6 is 0 Å². The number of fused-ring (bicyclic) bond motifs is 1. The van der Waals surface area contributed by atoms with Crippen molar-refractivity contribution in [1.29, 1.82) is 0 Å². The SMILES string of the molecule is CC(=O)N1CCc2nc(C3CCCCN3C(=O)Cc3ccc(F)cc3)ncc2C1. The fourth-order valence-electron chi connectivity index (χ4n) is 4.14. The summed E-state index contributed by atoms with van der Waals surface area (Å²) in [5.41, 5.74) is 2.76. The second kappa shape index (κ2) is 8.27. The molecule has 0 N–H and O–H groups in total. The van der Waals surface area contributed by atoms with Crippen molar-refractivity contribution in [3.8, 4) is 0 Å². The summed E-state index contributed by atoms with van der Waals surface area (Å²) in [7, 11) is 0. The first-order chi connectivity index (χ1) is 14.0. The van der Waals surface area contributed by atoms with E-state index in [1.165, 1.54) is 12.1 Å². The summed E-state index contributed by atoms with van der Waals surface area (Å²) in [5.74, 6) is 0.463. The first-order valence-electron chi connectivity index (χ1n) is 10.2. The van der Waals surface area contributed by atoms with Crippen LogP contribution in [-0.4, -0.2) is 44.7 Å². The molecule has 2 aliphatic heterocycles. The molecule has 0 spiro atoms. The third-order valence-electron chi connectivity index (χ3n) is 5.79. The number of carbonyl (C=O) groups is 2. The standard InChI is InChI=1S/C22H25FN4O2/c1-15(28)26-11-9-19-17(14-26)13-24-22(25-19)20-4-2-3-10-27(20)21(29)12-16-5-7-18(23)8-6-16/h5-8,13,20H,2-4,9-12,14H2,1H3. The van der Waals surface area contributed by atoms with E-state index in [-0.39, 0.29) is 30.1 Å². The minimum absolute atomic E-state index is 0.0189. The molecule has 3 heterocycles. The molecule has 1 unspecified atom stereocenters. The molecule has 4 rings (SSSR count). The maximum atomic E-state index is 13.1. The summed E-state index contributed by atoms with van der Waals surface area (Å²) >= 11 is 0. The van der Waals surface area contributed by atoms with Crippen LogP contribution in [0.15, 0.2) is 30.5 Å². The number of piperidine rings is 1. The summed E-state index contributed by atoms with van der Waals surface area (Å²) in [5, 5.41) is 0. The largest absolute Gasteiger partial charge is 0.338 e. The minimum atomic E-state index is -0.303. The van der Waals surface area contributed by atoms with Crippen molar-refractivity contribution in [2.45, 2.75) is 51.6 Å². The molecule has 2 aromatic rings. The quantitative estimate of drug-likeness (QED) is 0.800. The molecular formula is C22H25FN4O2. The highest BCUT2D eigenvalue weighted by atomic mass is 19.1.